The van der Waals surface area contributed by atoms with Gasteiger partial charge in [0.1, 0.15) is 15.9 Å². The number of phenolic OH excluding ortho intramolecular Hbond substituents is 2. The smallest absolute Gasteiger partial charge is 0.152 e. The number of benzene rings is 2. The van der Waals surface area contributed by atoms with Gasteiger partial charge in [0.15, 0.2) is 11.4 Å². The first-order valence-corrected chi connectivity index (χ1v) is 6.03. The SMILES string of the molecule is O=Nc1cc(S(=O)(=O)[O-])c2cc(O)ccc2c1O. The Balaban J connectivity index is 3.05. The molecule has 0 amide bonds. The molecule has 2 rings (SSSR count). The number of rotatable bonds is 2. The molecule has 2 N–H and O–H groups in total. The topological polar surface area (TPSA) is 127 Å². The van der Waals surface area contributed by atoms with Gasteiger partial charge in [-0.25, -0.2) is 8.42 Å². The summed E-state index contributed by atoms with van der Waals surface area (Å²) in [5.41, 5.74) is -0.553. The van der Waals surface area contributed by atoms with E-state index in [0.29, 0.717) is 6.07 Å². The molecule has 0 saturated carbocycles. The van der Waals surface area contributed by atoms with Gasteiger partial charge in [-0.1, -0.05) is 0 Å². The zero-order valence-corrected chi connectivity index (χ0v) is 9.51. The molecule has 0 fully saturated rings. The van der Waals surface area contributed by atoms with E-state index in [9.17, 15) is 28.1 Å². The monoisotopic (exact) mass is 268 g/mol. The fourth-order valence-corrected chi connectivity index (χ4v) is 2.32. The van der Waals surface area contributed by atoms with E-state index in [1.54, 1.807) is 0 Å². The molecule has 0 aliphatic heterocycles. The summed E-state index contributed by atoms with van der Waals surface area (Å²) >= 11 is 0. The molecule has 8 heteroatoms. The van der Waals surface area contributed by atoms with Gasteiger partial charge in [0, 0.05) is 10.8 Å². The van der Waals surface area contributed by atoms with Crippen LogP contribution in [0.4, 0.5) is 5.69 Å². The predicted molar refractivity (Wildman–Crippen MR) is 60.7 cm³/mol. The zero-order chi connectivity index (χ0) is 13.5. The van der Waals surface area contributed by atoms with Crippen molar-refractivity contribution in [1.29, 1.82) is 0 Å². The molecule has 0 bridgehead atoms. The lowest BCUT2D eigenvalue weighted by Gasteiger charge is -2.12. The first-order chi connectivity index (χ1) is 8.34. The van der Waals surface area contributed by atoms with Crippen molar-refractivity contribution in [1.82, 2.24) is 0 Å². The number of nitroso groups, excluding NO2 is 1. The van der Waals surface area contributed by atoms with Crippen LogP contribution in [0.2, 0.25) is 0 Å². The lowest BCUT2D eigenvalue weighted by molar-refractivity contribution is 0.463. The van der Waals surface area contributed by atoms with E-state index in [1.165, 1.54) is 12.1 Å². The summed E-state index contributed by atoms with van der Waals surface area (Å²) in [6, 6.07) is 4.04. The predicted octanol–water partition coefficient (Wildman–Crippen LogP) is 1.55. The van der Waals surface area contributed by atoms with Gasteiger partial charge in [0.2, 0.25) is 0 Å². The molecule has 0 aromatic heterocycles. The Labute approximate surface area is 101 Å². The highest BCUT2D eigenvalue weighted by atomic mass is 32.2. The molecule has 0 aliphatic rings. The summed E-state index contributed by atoms with van der Waals surface area (Å²) in [6.45, 7) is 0. The number of aromatic hydroxyl groups is 2. The van der Waals surface area contributed by atoms with E-state index < -0.39 is 26.5 Å². The molecular weight excluding hydrogens is 262 g/mol. The van der Waals surface area contributed by atoms with Gasteiger partial charge in [0.25, 0.3) is 0 Å². The number of phenols is 2. The number of hydrogen-bond acceptors (Lipinski definition) is 7. The summed E-state index contributed by atoms with van der Waals surface area (Å²) in [7, 11) is -4.87. The maximum absolute atomic E-state index is 11.1. The van der Waals surface area contributed by atoms with E-state index in [2.05, 4.69) is 5.18 Å². The summed E-state index contributed by atoms with van der Waals surface area (Å²) in [5, 5.41) is 21.2. The van der Waals surface area contributed by atoms with Crippen molar-refractivity contribution < 1.29 is 23.2 Å². The molecule has 0 heterocycles. The van der Waals surface area contributed by atoms with E-state index in [1.807, 2.05) is 0 Å². The van der Waals surface area contributed by atoms with E-state index in [4.69, 9.17) is 0 Å². The third-order valence-corrected chi connectivity index (χ3v) is 3.28. The van der Waals surface area contributed by atoms with Gasteiger partial charge >= 0.3 is 0 Å². The standard InChI is InChI=1S/C10H7NO6S/c12-5-1-2-6-7(3-5)9(18(15,16)17)4-8(11-14)10(6)13/h1-4,12-13H,(H,15,16,17)/p-1. The van der Waals surface area contributed by atoms with Crippen LogP contribution < -0.4 is 0 Å². The normalized spacial score (nSPS) is 11.6. The van der Waals surface area contributed by atoms with Crippen LogP contribution in [-0.2, 0) is 10.1 Å². The molecule has 7 nitrogen and oxygen atoms in total. The van der Waals surface area contributed by atoms with Crippen LogP contribution in [0.3, 0.4) is 0 Å². The second-order valence-electron chi connectivity index (χ2n) is 3.52. The fraction of sp³-hybridized carbons (Fsp3) is 0. The largest absolute Gasteiger partial charge is 0.744 e. The second kappa shape index (κ2) is 3.93. The first kappa shape index (κ1) is 12.3. The van der Waals surface area contributed by atoms with Crippen LogP contribution in [0.15, 0.2) is 34.3 Å². The highest BCUT2D eigenvalue weighted by Crippen LogP contribution is 2.39. The molecule has 0 radical (unpaired) electrons. The maximum Gasteiger partial charge on any atom is 0.152 e. The van der Waals surface area contributed by atoms with Crippen molar-refractivity contribution in [3.05, 3.63) is 29.2 Å². The molecule has 0 unspecified atom stereocenters. The average molecular weight is 268 g/mol. The van der Waals surface area contributed by atoms with Gasteiger partial charge in [-0.2, -0.15) is 0 Å². The molecular formula is C10H6NO6S-. The van der Waals surface area contributed by atoms with Crippen molar-refractivity contribution >= 4 is 26.6 Å². The van der Waals surface area contributed by atoms with E-state index in [0.717, 1.165) is 6.07 Å². The highest BCUT2D eigenvalue weighted by molar-refractivity contribution is 7.86. The fourth-order valence-electron chi connectivity index (χ4n) is 1.63. The molecule has 2 aromatic carbocycles. The Morgan fingerprint density at radius 1 is 1.11 bits per heavy atom. The summed E-state index contributed by atoms with van der Waals surface area (Å²) < 4.78 is 33.2. The van der Waals surface area contributed by atoms with Crippen LogP contribution in [0.25, 0.3) is 10.8 Å². The van der Waals surface area contributed by atoms with Crippen LogP contribution in [0.5, 0.6) is 11.5 Å². The van der Waals surface area contributed by atoms with Crippen molar-refractivity contribution in [2.75, 3.05) is 0 Å². The second-order valence-corrected chi connectivity index (χ2v) is 4.87. The quantitative estimate of drug-likeness (QED) is 0.628. The summed E-state index contributed by atoms with van der Waals surface area (Å²) in [4.78, 5) is 9.74. The molecule has 2 aromatic rings. The average Bonchev–Trinajstić information content (AvgIpc) is 2.27. The van der Waals surface area contributed by atoms with Crippen LogP contribution in [0, 0.1) is 4.91 Å². The molecule has 0 aliphatic carbocycles. The molecule has 18 heavy (non-hydrogen) atoms. The Hall–Kier alpha value is -2.19. The van der Waals surface area contributed by atoms with Crippen LogP contribution in [0.1, 0.15) is 0 Å². The Bertz CT molecular complexity index is 753. The van der Waals surface area contributed by atoms with E-state index >= 15 is 0 Å². The van der Waals surface area contributed by atoms with Crippen molar-refractivity contribution in [3.8, 4) is 11.5 Å². The Morgan fingerprint density at radius 2 is 1.78 bits per heavy atom. The third kappa shape index (κ3) is 1.87. The Morgan fingerprint density at radius 3 is 2.33 bits per heavy atom. The minimum absolute atomic E-state index is 0.0562. The first-order valence-electron chi connectivity index (χ1n) is 4.62. The van der Waals surface area contributed by atoms with E-state index in [-0.39, 0.29) is 16.5 Å². The highest BCUT2D eigenvalue weighted by Gasteiger charge is 2.16. The van der Waals surface area contributed by atoms with Gasteiger partial charge in [0.05, 0.1) is 4.90 Å². The lowest BCUT2D eigenvalue weighted by atomic mass is 10.1. The minimum Gasteiger partial charge on any atom is -0.744 e. The van der Waals surface area contributed by atoms with Crippen molar-refractivity contribution in [2.45, 2.75) is 4.90 Å². The third-order valence-electron chi connectivity index (χ3n) is 2.40. The number of hydrogen-bond donors (Lipinski definition) is 2. The lowest BCUT2D eigenvalue weighted by Crippen LogP contribution is -1.99. The minimum atomic E-state index is -4.87. The van der Waals surface area contributed by atoms with Crippen LogP contribution >= 0.6 is 0 Å². The maximum atomic E-state index is 11.1. The van der Waals surface area contributed by atoms with Gasteiger partial charge in [-0.05, 0) is 29.4 Å². The summed E-state index contributed by atoms with van der Waals surface area (Å²) in [6.07, 6.45) is 0. The van der Waals surface area contributed by atoms with Crippen LogP contribution in [-0.4, -0.2) is 23.2 Å². The van der Waals surface area contributed by atoms with Gasteiger partial charge in [-0.15, -0.1) is 4.91 Å². The Kier molecular flexibility index (Phi) is 2.68. The zero-order valence-electron chi connectivity index (χ0n) is 8.69. The molecule has 0 atom stereocenters. The molecule has 94 valence electrons. The molecule has 0 saturated heterocycles. The van der Waals surface area contributed by atoms with Crippen molar-refractivity contribution in [3.63, 3.8) is 0 Å². The van der Waals surface area contributed by atoms with Gasteiger partial charge in [-0.3, -0.25) is 0 Å². The summed E-state index contributed by atoms with van der Waals surface area (Å²) in [5.74, 6) is -0.828. The van der Waals surface area contributed by atoms with Crippen molar-refractivity contribution in [2.24, 2.45) is 5.18 Å². The number of nitrogens with zero attached hydrogens (tertiary/aromatic N) is 1. The number of fused-ring (bicyclic) bond motifs is 1. The van der Waals surface area contributed by atoms with Gasteiger partial charge < -0.3 is 14.8 Å². The molecule has 0 spiro atoms.